The van der Waals surface area contributed by atoms with Crippen molar-refractivity contribution in [2.75, 3.05) is 19.7 Å². The number of imide groups is 1. The van der Waals surface area contributed by atoms with Gasteiger partial charge in [0, 0.05) is 13.0 Å². The van der Waals surface area contributed by atoms with E-state index in [1.165, 1.54) is 4.90 Å². The van der Waals surface area contributed by atoms with Gasteiger partial charge in [-0.1, -0.05) is 24.3 Å². The molecule has 1 fully saturated rings. The van der Waals surface area contributed by atoms with Gasteiger partial charge in [-0.05, 0) is 43.9 Å². The fourth-order valence-electron chi connectivity index (χ4n) is 3.61. The number of amides is 3. The third-order valence-electron chi connectivity index (χ3n) is 5.19. The van der Waals surface area contributed by atoms with Gasteiger partial charge in [-0.3, -0.25) is 19.3 Å². The molecule has 1 saturated heterocycles. The Labute approximate surface area is 159 Å². The summed E-state index contributed by atoms with van der Waals surface area (Å²) < 4.78 is 5.70. The summed E-state index contributed by atoms with van der Waals surface area (Å²) in [5, 5.41) is 2.78. The van der Waals surface area contributed by atoms with Gasteiger partial charge in [-0.2, -0.15) is 0 Å². The van der Waals surface area contributed by atoms with Gasteiger partial charge >= 0.3 is 0 Å². The highest BCUT2D eigenvalue weighted by molar-refractivity contribution is 6.05. The minimum atomic E-state index is -0.239. The lowest BCUT2D eigenvalue weighted by atomic mass is 9.85. The molecule has 1 aromatic carbocycles. The van der Waals surface area contributed by atoms with Crippen molar-refractivity contribution >= 4 is 17.7 Å². The third-order valence-corrected chi connectivity index (χ3v) is 5.19. The summed E-state index contributed by atoms with van der Waals surface area (Å²) in [6.07, 6.45) is 5.27. The van der Waals surface area contributed by atoms with Crippen molar-refractivity contribution in [1.82, 2.24) is 10.2 Å². The highest BCUT2D eigenvalue weighted by Crippen LogP contribution is 2.34. The van der Waals surface area contributed by atoms with E-state index in [0.29, 0.717) is 26.0 Å². The zero-order valence-electron chi connectivity index (χ0n) is 15.9. The van der Waals surface area contributed by atoms with Gasteiger partial charge in [-0.25, -0.2) is 0 Å². The fourth-order valence-corrected chi connectivity index (χ4v) is 3.61. The van der Waals surface area contributed by atoms with Gasteiger partial charge in [0.1, 0.15) is 12.4 Å². The Kier molecular flexibility index (Phi) is 5.94. The first-order chi connectivity index (χ1) is 13.0. The van der Waals surface area contributed by atoms with Gasteiger partial charge in [0.05, 0.1) is 18.4 Å². The van der Waals surface area contributed by atoms with Crippen LogP contribution in [0.5, 0.6) is 5.75 Å². The Bertz CT molecular complexity index is 745. The van der Waals surface area contributed by atoms with Crippen LogP contribution >= 0.6 is 0 Å². The number of nitrogens with zero attached hydrogens (tertiary/aromatic N) is 1. The van der Waals surface area contributed by atoms with Gasteiger partial charge in [0.2, 0.25) is 17.7 Å². The smallest absolute Gasteiger partial charge is 0.233 e. The topological polar surface area (TPSA) is 75.7 Å². The van der Waals surface area contributed by atoms with Crippen LogP contribution in [-0.2, 0) is 14.4 Å². The van der Waals surface area contributed by atoms with Crippen molar-refractivity contribution in [2.45, 2.75) is 33.1 Å². The highest BCUT2D eigenvalue weighted by atomic mass is 16.5. The van der Waals surface area contributed by atoms with Crippen molar-refractivity contribution in [3.8, 4) is 5.75 Å². The van der Waals surface area contributed by atoms with Crippen LogP contribution in [0.25, 0.3) is 0 Å². The number of ether oxygens (including phenoxy) is 1. The lowest BCUT2D eigenvalue weighted by molar-refractivity contribution is -0.140. The van der Waals surface area contributed by atoms with Crippen molar-refractivity contribution < 1.29 is 19.1 Å². The number of carbonyl (C=O) groups is 3. The standard InChI is InChI=1S/C21H26N2O4/c1-14-7-8-15(2)18(13-14)27-12-10-22-19(24)9-11-23-20(25)16-5-3-4-6-17(16)21(23)26/h3-4,7-8,13,16-17H,5-6,9-12H2,1-2H3,(H,22,24)/t16-,17+. The monoisotopic (exact) mass is 370 g/mol. The van der Waals surface area contributed by atoms with E-state index in [0.717, 1.165) is 16.9 Å². The summed E-state index contributed by atoms with van der Waals surface area (Å²) in [6.45, 7) is 4.87. The quantitative estimate of drug-likeness (QED) is 0.453. The largest absolute Gasteiger partial charge is 0.491 e. The van der Waals surface area contributed by atoms with Crippen LogP contribution in [0.15, 0.2) is 30.4 Å². The Morgan fingerprint density at radius 2 is 1.81 bits per heavy atom. The SMILES string of the molecule is Cc1ccc(C)c(OCCNC(=O)CCN2C(=O)[C@H]3CC=CC[C@H]3C2=O)c1. The summed E-state index contributed by atoms with van der Waals surface area (Å²) in [5.41, 5.74) is 2.17. The Balaban J connectivity index is 1.39. The van der Waals surface area contributed by atoms with Crippen LogP contribution in [-0.4, -0.2) is 42.3 Å². The van der Waals surface area contributed by atoms with Gasteiger partial charge in [0.15, 0.2) is 0 Å². The molecule has 0 radical (unpaired) electrons. The minimum Gasteiger partial charge on any atom is -0.491 e. The third kappa shape index (κ3) is 4.38. The molecule has 0 saturated carbocycles. The minimum absolute atomic E-state index is 0.119. The van der Waals surface area contributed by atoms with Crippen LogP contribution in [0.3, 0.4) is 0 Å². The van der Waals surface area contributed by atoms with E-state index in [-0.39, 0.29) is 42.5 Å². The molecule has 27 heavy (non-hydrogen) atoms. The Morgan fingerprint density at radius 1 is 1.15 bits per heavy atom. The molecule has 0 aromatic heterocycles. The molecule has 0 unspecified atom stereocenters. The number of benzene rings is 1. The summed E-state index contributed by atoms with van der Waals surface area (Å²) in [6, 6.07) is 5.99. The molecule has 144 valence electrons. The number of carbonyl (C=O) groups excluding carboxylic acids is 3. The van der Waals surface area contributed by atoms with Crippen molar-refractivity contribution in [2.24, 2.45) is 11.8 Å². The molecule has 3 rings (SSSR count). The zero-order chi connectivity index (χ0) is 19.4. The number of hydrogen-bond acceptors (Lipinski definition) is 4. The summed E-state index contributed by atoms with van der Waals surface area (Å²) in [5.74, 6) is -0.129. The molecule has 0 bridgehead atoms. The Morgan fingerprint density at radius 3 is 2.48 bits per heavy atom. The number of nitrogens with one attached hydrogen (secondary N) is 1. The average molecular weight is 370 g/mol. The predicted molar refractivity (Wildman–Crippen MR) is 101 cm³/mol. The van der Waals surface area contributed by atoms with E-state index in [1.807, 2.05) is 44.2 Å². The zero-order valence-corrected chi connectivity index (χ0v) is 15.9. The first-order valence-electron chi connectivity index (χ1n) is 9.44. The van der Waals surface area contributed by atoms with Gasteiger partial charge in [0.25, 0.3) is 0 Å². The summed E-state index contributed by atoms with van der Waals surface area (Å²) in [7, 11) is 0. The molecule has 1 aliphatic carbocycles. The molecule has 0 spiro atoms. The molecule has 1 N–H and O–H groups in total. The molecular weight excluding hydrogens is 344 g/mol. The van der Waals surface area contributed by atoms with Crippen LogP contribution in [0.2, 0.25) is 0 Å². The number of fused-ring (bicyclic) bond motifs is 1. The van der Waals surface area contributed by atoms with Crippen molar-refractivity contribution in [3.63, 3.8) is 0 Å². The molecule has 6 nitrogen and oxygen atoms in total. The van der Waals surface area contributed by atoms with E-state index in [4.69, 9.17) is 4.74 Å². The maximum atomic E-state index is 12.4. The molecule has 1 aromatic rings. The first kappa shape index (κ1) is 19.1. The van der Waals surface area contributed by atoms with Crippen molar-refractivity contribution in [1.29, 1.82) is 0 Å². The second-order valence-electron chi connectivity index (χ2n) is 7.20. The van der Waals surface area contributed by atoms with E-state index in [1.54, 1.807) is 0 Å². The molecule has 2 atom stereocenters. The fraction of sp³-hybridized carbons (Fsp3) is 0.476. The molecule has 1 aliphatic heterocycles. The highest BCUT2D eigenvalue weighted by Gasteiger charge is 2.46. The number of likely N-dealkylation sites (tertiary alicyclic amines) is 1. The van der Waals surface area contributed by atoms with E-state index >= 15 is 0 Å². The summed E-state index contributed by atoms with van der Waals surface area (Å²) in [4.78, 5) is 38.0. The summed E-state index contributed by atoms with van der Waals surface area (Å²) >= 11 is 0. The van der Waals surface area contributed by atoms with E-state index in [2.05, 4.69) is 5.32 Å². The lowest BCUT2D eigenvalue weighted by Crippen LogP contribution is -2.36. The normalized spacial score (nSPS) is 21.3. The van der Waals surface area contributed by atoms with Gasteiger partial charge < -0.3 is 10.1 Å². The number of hydrogen-bond donors (Lipinski definition) is 1. The molecule has 2 aliphatic rings. The average Bonchev–Trinajstić information content (AvgIpc) is 2.90. The van der Waals surface area contributed by atoms with Crippen LogP contribution < -0.4 is 10.1 Å². The maximum absolute atomic E-state index is 12.4. The van der Waals surface area contributed by atoms with Crippen LogP contribution in [0.1, 0.15) is 30.4 Å². The van der Waals surface area contributed by atoms with Crippen molar-refractivity contribution in [3.05, 3.63) is 41.5 Å². The molecule has 3 amide bonds. The molecular formula is C21H26N2O4. The number of rotatable bonds is 7. The number of aryl methyl sites for hydroxylation is 2. The van der Waals surface area contributed by atoms with Crippen LogP contribution in [0, 0.1) is 25.7 Å². The number of allylic oxidation sites excluding steroid dienone is 2. The van der Waals surface area contributed by atoms with Gasteiger partial charge in [-0.15, -0.1) is 0 Å². The first-order valence-corrected chi connectivity index (χ1v) is 9.44. The second-order valence-corrected chi connectivity index (χ2v) is 7.20. The molecule has 6 heteroatoms. The lowest BCUT2D eigenvalue weighted by Gasteiger charge is -2.14. The second kappa shape index (κ2) is 8.37. The maximum Gasteiger partial charge on any atom is 0.233 e. The molecule has 1 heterocycles. The van der Waals surface area contributed by atoms with Crippen LogP contribution in [0.4, 0.5) is 0 Å². The predicted octanol–water partition coefficient (Wildman–Crippen LogP) is 2.14. The van der Waals surface area contributed by atoms with E-state index in [9.17, 15) is 14.4 Å². The Hall–Kier alpha value is -2.63. The van der Waals surface area contributed by atoms with E-state index < -0.39 is 0 Å².